The Balaban J connectivity index is 2.34. The van der Waals surface area contributed by atoms with Crippen molar-refractivity contribution >= 4 is 11.4 Å². The van der Waals surface area contributed by atoms with Crippen LogP contribution in [0.4, 0.5) is 11.4 Å². The summed E-state index contributed by atoms with van der Waals surface area (Å²) in [7, 11) is 2.08. The molecule has 0 aliphatic carbocycles. The molecule has 6 heteroatoms. The SMILES string of the molecule is CN1CCN(c2ccc([N+](=O)[O-])cc2C#N)CC1(C)C. The molecule has 1 saturated heterocycles. The average molecular weight is 274 g/mol. The summed E-state index contributed by atoms with van der Waals surface area (Å²) in [5.41, 5.74) is 1.10. The van der Waals surface area contributed by atoms with Crippen molar-refractivity contribution in [3.8, 4) is 6.07 Å². The van der Waals surface area contributed by atoms with Crippen molar-refractivity contribution < 1.29 is 4.92 Å². The van der Waals surface area contributed by atoms with E-state index in [0.29, 0.717) is 5.56 Å². The van der Waals surface area contributed by atoms with Crippen molar-refractivity contribution in [2.24, 2.45) is 0 Å². The highest BCUT2D eigenvalue weighted by atomic mass is 16.6. The van der Waals surface area contributed by atoms with Gasteiger partial charge in [-0.1, -0.05) is 0 Å². The third kappa shape index (κ3) is 2.58. The molecule has 0 amide bonds. The number of likely N-dealkylation sites (N-methyl/N-ethyl adjacent to an activating group) is 1. The number of non-ortho nitro benzene ring substituents is 1. The first-order valence-corrected chi connectivity index (χ1v) is 6.50. The molecule has 1 aliphatic heterocycles. The maximum Gasteiger partial charge on any atom is 0.270 e. The van der Waals surface area contributed by atoms with E-state index in [0.717, 1.165) is 25.3 Å². The molecule has 0 N–H and O–H groups in total. The van der Waals surface area contributed by atoms with Gasteiger partial charge in [0.25, 0.3) is 5.69 Å². The van der Waals surface area contributed by atoms with Crippen LogP contribution in [-0.4, -0.2) is 42.0 Å². The fourth-order valence-electron chi connectivity index (χ4n) is 2.45. The van der Waals surface area contributed by atoms with Crippen LogP contribution in [0.2, 0.25) is 0 Å². The van der Waals surface area contributed by atoms with Crippen LogP contribution in [-0.2, 0) is 0 Å². The highest BCUT2D eigenvalue weighted by Crippen LogP contribution is 2.29. The Morgan fingerprint density at radius 1 is 1.40 bits per heavy atom. The smallest absolute Gasteiger partial charge is 0.270 e. The van der Waals surface area contributed by atoms with Crippen LogP contribution >= 0.6 is 0 Å². The molecule has 6 nitrogen and oxygen atoms in total. The normalized spacial score (nSPS) is 18.6. The van der Waals surface area contributed by atoms with E-state index < -0.39 is 4.92 Å². The third-order valence-electron chi connectivity index (χ3n) is 3.97. The van der Waals surface area contributed by atoms with Gasteiger partial charge >= 0.3 is 0 Å². The topological polar surface area (TPSA) is 73.4 Å². The Hall–Kier alpha value is -2.13. The predicted molar refractivity (Wildman–Crippen MR) is 76.7 cm³/mol. The molecule has 1 fully saturated rings. The van der Waals surface area contributed by atoms with Crippen LogP contribution in [0.1, 0.15) is 19.4 Å². The zero-order chi connectivity index (χ0) is 14.9. The van der Waals surface area contributed by atoms with E-state index in [2.05, 4.69) is 36.8 Å². The van der Waals surface area contributed by atoms with Crippen molar-refractivity contribution in [3.05, 3.63) is 33.9 Å². The fourth-order valence-corrected chi connectivity index (χ4v) is 2.45. The summed E-state index contributed by atoms with van der Waals surface area (Å²) in [6.45, 7) is 6.80. The lowest BCUT2D eigenvalue weighted by Gasteiger charge is -2.46. The van der Waals surface area contributed by atoms with Gasteiger partial charge in [-0.15, -0.1) is 0 Å². The number of rotatable bonds is 2. The van der Waals surface area contributed by atoms with E-state index in [1.54, 1.807) is 6.07 Å². The third-order valence-corrected chi connectivity index (χ3v) is 3.97. The minimum atomic E-state index is -0.474. The van der Waals surface area contributed by atoms with E-state index in [-0.39, 0.29) is 11.2 Å². The van der Waals surface area contributed by atoms with Crippen molar-refractivity contribution in [2.75, 3.05) is 31.6 Å². The molecular weight excluding hydrogens is 256 g/mol. The van der Waals surface area contributed by atoms with Crippen LogP contribution in [0.25, 0.3) is 0 Å². The van der Waals surface area contributed by atoms with Gasteiger partial charge in [0.15, 0.2) is 0 Å². The van der Waals surface area contributed by atoms with E-state index in [1.807, 2.05) is 0 Å². The fraction of sp³-hybridized carbons (Fsp3) is 0.500. The minimum Gasteiger partial charge on any atom is -0.367 e. The second kappa shape index (κ2) is 5.10. The molecule has 0 spiro atoms. The van der Waals surface area contributed by atoms with Gasteiger partial charge in [0.1, 0.15) is 6.07 Å². The number of hydrogen-bond donors (Lipinski definition) is 0. The first kappa shape index (κ1) is 14.3. The highest BCUT2D eigenvalue weighted by molar-refractivity contribution is 5.63. The number of benzene rings is 1. The molecular formula is C14H18N4O2. The van der Waals surface area contributed by atoms with Crippen LogP contribution in [0, 0.1) is 21.4 Å². The van der Waals surface area contributed by atoms with Crippen molar-refractivity contribution in [1.29, 1.82) is 5.26 Å². The Bertz CT molecular complexity index is 577. The van der Waals surface area contributed by atoms with Gasteiger partial charge in [0.2, 0.25) is 0 Å². The Labute approximate surface area is 118 Å². The molecule has 1 aliphatic rings. The number of hydrogen-bond acceptors (Lipinski definition) is 5. The largest absolute Gasteiger partial charge is 0.367 e. The molecule has 0 bridgehead atoms. The number of nitriles is 1. The average Bonchev–Trinajstić information content (AvgIpc) is 2.41. The molecule has 0 atom stereocenters. The molecule has 0 radical (unpaired) electrons. The summed E-state index contributed by atoms with van der Waals surface area (Å²) in [6, 6.07) is 6.55. The van der Waals surface area contributed by atoms with Crippen LogP contribution in [0.3, 0.4) is 0 Å². The van der Waals surface area contributed by atoms with Gasteiger partial charge in [0.05, 0.1) is 16.2 Å². The van der Waals surface area contributed by atoms with Gasteiger partial charge < -0.3 is 4.90 Å². The lowest BCUT2D eigenvalue weighted by Crippen LogP contribution is -2.57. The molecule has 1 aromatic carbocycles. The van der Waals surface area contributed by atoms with Gasteiger partial charge in [-0.2, -0.15) is 5.26 Å². The lowest BCUT2D eigenvalue weighted by atomic mass is 9.98. The zero-order valence-electron chi connectivity index (χ0n) is 12.0. The summed E-state index contributed by atoms with van der Waals surface area (Å²) in [6.07, 6.45) is 0. The van der Waals surface area contributed by atoms with Gasteiger partial charge in [-0.3, -0.25) is 15.0 Å². The Morgan fingerprint density at radius 3 is 2.65 bits per heavy atom. The number of nitro benzene ring substituents is 1. The van der Waals surface area contributed by atoms with Gasteiger partial charge in [-0.25, -0.2) is 0 Å². The molecule has 1 heterocycles. The number of piperazine rings is 1. The van der Waals surface area contributed by atoms with Crippen LogP contribution in [0.5, 0.6) is 0 Å². The second-order valence-corrected chi connectivity index (χ2v) is 5.73. The molecule has 0 unspecified atom stereocenters. The minimum absolute atomic E-state index is 0.00670. The summed E-state index contributed by atoms with van der Waals surface area (Å²) in [5.74, 6) is 0. The van der Waals surface area contributed by atoms with Crippen molar-refractivity contribution in [3.63, 3.8) is 0 Å². The summed E-state index contributed by atoms with van der Waals surface area (Å²) in [5, 5.41) is 20.0. The van der Waals surface area contributed by atoms with Crippen molar-refractivity contribution in [2.45, 2.75) is 19.4 Å². The molecule has 0 aromatic heterocycles. The quantitative estimate of drug-likeness (QED) is 0.609. The van der Waals surface area contributed by atoms with E-state index in [1.165, 1.54) is 12.1 Å². The van der Waals surface area contributed by atoms with Crippen LogP contribution < -0.4 is 4.90 Å². The molecule has 2 rings (SSSR count). The first-order valence-electron chi connectivity index (χ1n) is 6.50. The number of nitro groups is 1. The summed E-state index contributed by atoms with van der Waals surface area (Å²) >= 11 is 0. The lowest BCUT2D eigenvalue weighted by molar-refractivity contribution is -0.384. The van der Waals surface area contributed by atoms with Gasteiger partial charge in [-0.05, 0) is 27.0 Å². The van der Waals surface area contributed by atoms with Crippen LogP contribution in [0.15, 0.2) is 18.2 Å². The first-order chi connectivity index (χ1) is 9.35. The standard InChI is InChI=1S/C14H18N4O2/c1-14(2)10-17(7-6-16(14)3)13-5-4-12(18(19)20)8-11(13)9-15/h4-5,8H,6-7,10H2,1-3H3. The summed E-state index contributed by atoms with van der Waals surface area (Å²) in [4.78, 5) is 14.7. The van der Waals surface area contributed by atoms with E-state index >= 15 is 0 Å². The Kier molecular flexibility index (Phi) is 3.64. The number of anilines is 1. The molecule has 106 valence electrons. The predicted octanol–water partition coefficient (Wildman–Crippen LogP) is 2.00. The monoisotopic (exact) mass is 274 g/mol. The maximum absolute atomic E-state index is 10.8. The summed E-state index contributed by atoms with van der Waals surface area (Å²) < 4.78 is 0. The van der Waals surface area contributed by atoms with Gasteiger partial charge in [0, 0.05) is 37.3 Å². The Morgan fingerprint density at radius 2 is 2.10 bits per heavy atom. The highest BCUT2D eigenvalue weighted by Gasteiger charge is 2.32. The van der Waals surface area contributed by atoms with E-state index in [4.69, 9.17) is 0 Å². The second-order valence-electron chi connectivity index (χ2n) is 5.73. The van der Waals surface area contributed by atoms with Crippen molar-refractivity contribution in [1.82, 2.24) is 4.90 Å². The molecule has 0 saturated carbocycles. The zero-order valence-corrected chi connectivity index (χ0v) is 12.0. The molecule has 20 heavy (non-hydrogen) atoms. The maximum atomic E-state index is 10.8. The van der Waals surface area contributed by atoms with E-state index in [9.17, 15) is 15.4 Å². The molecule has 1 aromatic rings. The number of nitrogens with zero attached hydrogens (tertiary/aromatic N) is 4.